The van der Waals surface area contributed by atoms with E-state index in [4.69, 9.17) is 17.3 Å². The van der Waals surface area contributed by atoms with E-state index in [1.165, 1.54) is 18.2 Å². The van der Waals surface area contributed by atoms with E-state index >= 15 is 0 Å². The van der Waals surface area contributed by atoms with E-state index in [2.05, 4.69) is 0 Å². The van der Waals surface area contributed by atoms with E-state index in [0.717, 1.165) is 6.07 Å². The Morgan fingerprint density at radius 2 is 1.53 bits per heavy atom. The molecule has 0 aromatic heterocycles. The summed E-state index contributed by atoms with van der Waals surface area (Å²) in [6, 6.07) is 7.25. The molecule has 0 fully saturated rings. The summed E-state index contributed by atoms with van der Waals surface area (Å²) in [5, 5.41) is 0.262. The summed E-state index contributed by atoms with van der Waals surface area (Å²) in [5.41, 5.74) is 5.37. The third-order valence-electron chi connectivity index (χ3n) is 2.61. The van der Waals surface area contributed by atoms with Crippen LogP contribution < -0.4 is 5.73 Å². The molecule has 0 atom stereocenters. The lowest BCUT2D eigenvalue weighted by atomic mass is 10.0. The Hall–Kier alpha value is -1.75. The number of nitrogens with two attached hydrogens (primary N) is 1. The molecule has 6 heteroatoms. The highest BCUT2D eigenvalue weighted by molar-refractivity contribution is 6.33. The van der Waals surface area contributed by atoms with Crippen LogP contribution in [-0.4, -0.2) is 0 Å². The van der Waals surface area contributed by atoms with Crippen LogP contribution in [0.2, 0.25) is 5.02 Å². The van der Waals surface area contributed by atoms with Gasteiger partial charge in [0.2, 0.25) is 0 Å². The van der Waals surface area contributed by atoms with Gasteiger partial charge in [0.25, 0.3) is 0 Å². The highest BCUT2D eigenvalue weighted by Crippen LogP contribution is 2.34. The normalized spacial score (nSPS) is 11.6. The number of alkyl halides is 3. The molecule has 0 bridgehead atoms. The van der Waals surface area contributed by atoms with Gasteiger partial charge < -0.3 is 5.73 Å². The van der Waals surface area contributed by atoms with Crippen molar-refractivity contribution in [1.29, 1.82) is 0 Å². The summed E-state index contributed by atoms with van der Waals surface area (Å²) in [5.74, 6) is -1.32. The molecule has 2 aromatic carbocycles. The first-order chi connectivity index (χ1) is 8.79. The first-order valence-electron chi connectivity index (χ1n) is 5.21. The molecule has 0 saturated heterocycles. The summed E-state index contributed by atoms with van der Waals surface area (Å²) < 4.78 is 50.7. The predicted octanol–water partition coefficient (Wildman–Crippen LogP) is 4.75. The molecule has 2 N–H and O–H groups in total. The molecule has 0 amide bonds. The van der Waals surface area contributed by atoms with Gasteiger partial charge in [0, 0.05) is 0 Å². The first-order valence-corrected chi connectivity index (χ1v) is 5.59. The molecule has 0 spiro atoms. The molecule has 0 unspecified atom stereocenters. The molecule has 19 heavy (non-hydrogen) atoms. The van der Waals surface area contributed by atoms with E-state index in [1.807, 2.05) is 0 Å². The van der Waals surface area contributed by atoms with E-state index in [1.54, 1.807) is 6.07 Å². The van der Waals surface area contributed by atoms with Gasteiger partial charge in [-0.25, -0.2) is 4.39 Å². The third kappa shape index (κ3) is 2.81. The molecule has 0 aliphatic carbocycles. The van der Waals surface area contributed by atoms with Gasteiger partial charge in [-0.3, -0.25) is 0 Å². The van der Waals surface area contributed by atoms with E-state index in [0.29, 0.717) is 22.9 Å². The summed E-state index contributed by atoms with van der Waals surface area (Å²) in [6.45, 7) is 0. The van der Waals surface area contributed by atoms with E-state index in [9.17, 15) is 17.6 Å². The Morgan fingerprint density at radius 3 is 2.05 bits per heavy atom. The predicted molar refractivity (Wildman–Crippen MR) is 66.3 cm³/mol. The number of nitrogen functional groups attached to an aromatic ring is 1. The van der Waals surface area contributed by atoms with Gasteiger partial charge in [0.05, 0.1) is 16.3 Å². The van der Waals surface area contributed by atoms with Gasteiger partial charge in [0.1, 0.15) is 5.82 Å². The van der Waals surface area contributed by atoms with Crippen molar-refractivity contribution in [2.45, 2.75) is 6.18 Å². The van der Waals surface area contributed by atoms with Crippen LogP contribution in [0.1, 0.15) is 5.56 Å². The number of anilines is 1. The van der Waals surface area contributed by atoms with Crippen LogP contribution in [0, 0.1) is 5.82 Å². The second-order valence-corrected chi connectivity index (χ2v) is 4.34. The fourth-order valence-electron chi connectivity index (χ4n) is 1.63. The number of rotatable bonds is 1. The molecule has 100 valence electrons. The number of hydrogen-bond donors (Lipinski definition) is 1. The van der Waals surface area contributed by atoms with Crippen LogP contribution in [0.5, 0.6) is 0 Å². The van der Waals surface area contributed by atoms with Crippen LogP contribution >= 0.6 is 11.6 Å². The lowest BCUT2D eigenvalue weighted by Gasteiger charge is -2.10. The molecule has 0 aliphatic rings. The second-order valence-electron chi connectivity index (χ2n) is 3.93. The lowest BCUT2D eigenvalue weighted by molar-refractivity contribution is -0.139. The fraction of sp³-hybridized carbons (Fsp3) is 0.0769. The van der Waals surface area contributed by atoms with Crippen molar-refractivity contribution < 1.29 is 17.6 Å². The summed E-state index contributed by atoms with van der Waals surface area (Å²) in [6.07, 6.45) is -4.71. The Morgan fingerprint density at radius 1 is 0.947 bits per heavy atom. The number of benzene rings is 2. The summed E-state index contributed by atoms with van der Waals surface area (Å²) >= 11 is 5.81. The van der Waals surface area contributed by atoms with Crippen molar-refractivity contribution in [3.8, 4) is 11.1 Å². The zero-order valence-electron chi connectivity index (χ0n) is 9.43. The monoisotopic (exact) mass is 289 g/mol. The summed E-state index contributed by atoms with van der Waals surface area (Å²) in [7, 11) is 0. The molecule has 0 radical (unpaired) electrons. The molecule has 0 heterocycles. The smallest absolute Gasteiger partial charge is 0.398 e. The highest BCUT2D eigenvalue weighted by Gasteiger charge is 2.33. The van der Waals surface area contributed by atoms with Gasteiger partial charge in [-0.1, -0.05) is 23.7 Å². The average Bonchev–Trinajstić information content (AvgIpc) is 2.31. The molecule has 2 rings (SSSR count). The summed E-state index contributed by atoms with van der Waals surface area (Å²) in [4.78, 5) is 0. The second kappa shape index (κ2) is 4.74. The maximum Gasteiger partial charge on any atom is 0.419 e. The highest BCUT2D eigenvalue weighted by atomic mass is 35.5. The fourth-order valence-corrected chi connectivity index (χ4v) is 1.81. The van der Waals surface area contributed by atoms with Crippen LogP contribution in [0.4, 0.5) is 23.2 Å². The maximum atomic E-state index is 13.4. The average molecular weight is 290 g/mol. The first kappa shape index (κ1) is 13.7. The van der Waals surface area contributed by atoms with Gasteiger partial charge in [-0.15, -0.1) is 0 Å². The topological polar surface area (TPSA) is 26.0 Å². The molecule has 2 aromatic rings. The van der Waals surface area contributed by atoms with Crippen LogP contribution in [-0.2, 0) is 6.18 Å². The van der Waals surface area contributed by atoms with Gasteiger partial charge in [-0.2, -0.15) is 13.2 Å². The minimum Gasteiger partial charge on any atom is -0.398 e. The van der Waals surface area contributed by atoms with E-state index in [-0.39, 0.29) is 5.02 Å². The third-order valence-corrected chi connectivity index (χ3v) is 2.94. The molecule has 0 saturated carbocycles. The molecule has 1 nitrogen and oxygen atoms in total. The number of halogens is 5. The van der Waals surface area contributed by atoms with Crippen LogP contribution in [0.15, 0.2) is 36.4 Å². The minimum atomic E-state index is -4.71. The lowest BCUT2D eigenvalue weighted by Crippen LogP contribution is -2.07. The largest absolute Gasteiger partial charge is 0.419 e. The maximum absolute atomic E-state index is 13.4. The van der Waals surface area contributed by atoms with Crippen LogP contribution in [0.3, 0.4) is 0 Å². The zero-order valence-corrected chi connectivity index (χ0v) is 10.2. The molecule has 0 aliphatic heterocycles. The molecular formula is C13H8ClF4N. The van der Waals surface area contributed by atoms with Crippen molar-refractivity contribution in [2.24, 2.45) is 0 Å². The SMILES string of the molecule is Nc1ccc(-c2ccc(C(F)(F)F)c(F)c2)cc1Cl. The minimum absolute atomic E-state index is 0.262. The zero-order chi connectivity index (χ0) is 14.2. The van der Waals surface area contributed by atoms with Gasteiger partial charge in [-0.05, 0) is 35.4 Å². The van der Waals surface area contributed by atoms with Crippen molar-refractivity contribution >= 4 is 17.3 Å². The van der Waals surface area contributed by atoms with Crippen molar-refractivity contribution in [1.82, 2.24) is 0 Å². The Balaban J connectivity index is 2.47. The Bertz CT molecular complexity index is 623. The van der Waals surface area contributed by atoms with Gasteiger partial charge in [0.15, 0.2) is 0 Å². The standard InChI is InChI=1S/C13H8ClF4N/c14-10-5-7(2-4-12(10)19)8-1-3-9(11(15)6-8)13(16,17)18/h1-6H,19H2. The van der Waals surface area contributed by atoms with E-state index < -0.39 is 17.6 Å². The van der Waals surface area contributed by atoms with Gasteiger partial charge >= 0.3 is 6.18 Å². The van der Waals surface area contributed by atoms with Crippen molar-refractivity contribution in [3.63, 3.8) is 0 Å². The quantitative estimate of drug-likeness (QED) is 0.595. The Labute approximate surface area is 111 Å². The number of hydrogen-bond acceptors (Lipinski definition) is 1. The van der Waals surface area contributed by atoms with Crippen molar-refractivity contribution in [3.05, 3.63) is 52.8 Å². The molecular weight excluding hydrogens is 282 g/mol. The Kier molecular flexibility index (Phi) is 3.41. The van der Waals surface area contributed by atoms with Crippen molar-refractivity contribution in [2.75, 3.05) is 5.73 Å². The van der Waals surface area contributed by atoms with Crippen LogP contribution in [0.25, 0.3) is 11.1 Å².